The van der Waals surface area contributed by atoms with Crippen LogP contribution in [0.3, 0.4) is 0 Å². The number of aromatic nitrogens is 2. The van der Waals surface area contributed by atoms with Gasteiger partial charge in [0, 0.05) is 6.54 Å². The maximum absolute atomic E-state index is 11.1. The summed E-state index contributed by atoms with van der Waals surface area (Å²) in [6, 6.07) is 0. The van der Waals surface area contributed by atoms with Crippen LogP contribution in [-0.4, -0.2) is 29.4 Å². The number of hydrogen-bond donors (Lipinski definition) is 1. The molecule has 64 valence electrons. The van der Waals surface area contributed by atoms with Crippen molar-refractivity contribution in [1.29, 1.82) is 0 Å². The number of carbonyl (C=O) groups is 1. The summed E-state index contributed by atoms with van der Waals surface area (Å²) in [4.78, 5) is 11.1. The monoisotopic (exact) mass is 167 g/mol. The highest BCUT2D eigenvalue weighted by Crippen LogP contribution is 2.19. The predicted molar refractivity (Wildman–Crippen MR) is 42.1 cm³/mol. The lowest BCUT2D eigenvalue weighted by molar-refractivity contribution is 0.0602. The number of nitrogens with zero attached hydrogens (tertiary/aromatic N) is 2. The van der Waals surface area contributed by atoms with Gasteiger partial charge in [0.1, 0.15) is 11.4 Å². The molecule has 0 bridgehead atoms. The Bertz CT molecular complexity index is 318. The molecule has 2 rings (SSSR count). The molecule has 1 aromatic rings. The van der Waals surface area contributed by atoms with Crippen LogP contribution >= 0.6 is 0 Å². The third-order valence-electron chi connectivity index (χ3n) is 1.86. The first-order valence-corrected chi connectivity index (χ1v) is 3.71. The largest absolute Gasteiger partial charge is 0.465 e. The molecule has 0 unspecified atom stereocenters. The van der Waals surface area contributed by atoms with E-state index < -0.39 is 0 Å². The number of esters is 1. The van der Waals surface area contributed by atoms with E-state index >= 15 is 0 Å². The van der Waals surface area contributed by atoms with E-state index in [4.69, 9.17) is 0 Å². The molecule has 0 saturated heterocycles. The number of hydrogen-bond acceptors (Lipinski definition) is 4. The second kappa shape index (κ2) is 2.51. The van der Waals surface area contributed by atoms with Crippen molar-refractivity contribution in [3.63, 3.8) is 0 Å². The zero-order valence-electron chi connectivity index (χ0n) is 6.70. The summed E-state index contributed by atoms with van der Waals surface area (Å²) >= 11 is 0. The van der Waals surface area contributed by atoms with E-state index in [0.29, 0.717) is 5.56 Å². The normalized spacial score (nSPS) is 13.8. The van der Waals surface area contributed by atoms with Crippen molar-refractivity contribution in [2.75, 3.05) is 19.0 Å². The summed E-state index contributed by atoms with van der Waals surface area (Å²) in [6.07, 6.45) is 1.52. The fraction of sp³-hybridized carbons (Fsp3) is 0.429. The van der Waals surface area contributed by atoms with Crippen molar-refractivity contribution in [2.45, 2.75) is 6.54 Å². The minimum atomic E-state index is -0.342. The van der Waals surface area contributed by atoms with Crippen LogP contribution in [0.5, 0.6) is 0 Å². The van der Waals surface area contributed by atoms with Crippen LogP contribution in [0.1, 0.15) is 10.4 Å². The Hall–Kier alpha value is -1.52. The lowest BCUT2D eigenvalue weighted by Crippen LogP contribution is -2.03. The third-order valence-corrected chi connectivity index (χ3v) is 1.86. The van der Waals surface area contributed by atoms with Crippen molar-refractivity contribution in [1.82, 2.24) is 9.78 Å². The maximum Gasteiger partial charge on any atom is 0.343 e. The van der Waals surface area contributed by atoms with E-state index in [2.05, 4.69) is 15.2 Å². The van der Waals surface area contributed by atoms with Gasteiger partial charge in [0.2, 0.25) is 0 Å². The summed E-state index contributed by atoms with van der Waals surface area (Å²) in [6.45, 7) is 1.64. The van der Waals surface area contributed by atoms with E-state index in [9.17, 15) is 4.79 Å². The quantitative estimate of drug-likeness (QED) is 0.602. The van der Waals surface area contributed by atoms with Gasteiger partial charge >= 0.3 is 5.97 Å². The average molecular weight is 167 g/mol. The molecule has 5 heteroatoms. The molecule has 1 N–H and O–H groups in total. The fourth-order valence-corrected chi connectivity index (χ4v) is 1.28. The average Bonchev–Trinajstić information content (AvgIpc) is 2.62. The zero-order chi connectivity index (χ0) is 8.55. The Morgan fingerprint density at radius 1 is 1.83 bits per heavy atom. The van der Waals surface area contributed by atoms with Gasteiger partial charge in [-0.05, 0) is 0 Å². The lowest BCUT2D eigenvalue weighted by atomic mass is 10.3. The fourth-order valence-electron chi connectivity index (χ4n) is 1.28. The third kappa shape index (κ3) is 0.861. The molecule has 0 spiro atoms. The van der Waals surface area contributed by atoms with Crippen LogP contribution in [0, 0.1) is 0 Å². The SMILES string of the molecule is COC(=O)c1cnn2c1NCC2. The Labute approximate surface area is 69.3 Å². The second-order valence-electron chi connectivity index (χ2n) is 2.55. The number of nitrogens with one attached hydrogen (secondary N) is 1. The highest BCUT2D eigenvalue weighted by Gasteiger charge is 2.20. The molecule has 0 aliphatic carbocycles. The molecule has 0 saturated carbocycles. The van der Waals surface area contributed by atoms with Crippen molar-refractivity contribution in [2.24, 2.45) is 0 Å². The van der Waals surface area contributed by atoms with Gasteiger partial charge in [0.05, 0.1) is 19.9 Å². The summed E-state index contributed by atoms with van der Waals surface area (Å²) in [7, 11) is 1.36. The van der Waals surface area contributed by atoms with Crippen molar-refractivity contribution in [3.8, 4) is 0 Å². The van der Waals surface area contributed by atoms with Gasteiger partial charge in [-0.25, -0.2) is 9.48 Å². The number of methoxy groups -OCH3 is 1. The van der Waals surface area contributed by atoms with E-state index in [1.807, 2.05) is 0 Å². The molecule has 2 heterocycles. The number of rotatable bonds is 1. The number of carbonyl (C=O) groups excluding carboxylic acids is 1. The molecule has 5 nitrogen and oxygen atoms in total. The van der Waals surface area contributed by atoms with Crippen molar-refractivity contribution < 1.29 is 9.53 Å². The van der Waals surface area contributed by atoms with E-state index in [-0.39, 0.29) is 5.97 Å². The lowest BCUT2D eigenvalue weighted by Gasteiger charge is -1.97. The molecule has 0 fully saturated rings. The molecule has 0 atom stereocenters. The summed E-state index contributed by atoms with van der Waals surface area (Å²) < 4.78 is 6.34. The standard InChI is InChI=1S/C7H9N3O2/c1-12-7(11)5-4-9-10-3-2-8-6(5)10/h4,8H,2-3H2,1H3. The number of fused-ring (bicyclic) bond motifs is 1. The number of ether oxygens (including phenoxy) is 1. The molecule has 1 aromatic heterocycles. The smallest absolute Gasteiger partial charge is 0.343 e. The van der Waals surface area contributed by atoms with Crippen LogP contribution in [0.2, 0.25) is 0 Å². The minimum Gasteiger partial charge on any atom is -0.465 e. The molecule has 0 aromatic carbocycles. The topological polar surface area (TPSA) is 56.1 Å². The molecule has 1 aliphatic heterocycles. The summed E-state index contributed by atoms with van der Waals surface area (Å²) in [5, 5.41) is 7.08. The molecular weight excluding hydrogens is 158 g/mol. The highest BCUT2D eigenvalue weighted by atomic mass is 16.5. The maximum atomic E-state index is 11.1. The van der Waals surface area contributed by atoms with E-state index in [0.717, 1.165) is 18.9 Å². The minimum absolute atomic E-state index is 0.342. The van der Waals surface area contributed by atoms with Gasteiger partial charge in [0.15, 0.2) is 0 Å². The van der Waals surface area contributed by atoms with Crippen LogP contribution in [0.4, 0.5) is 5.82 Å². The van der Waals surface area contributed by atoms with Crippen LogP contribution in [-0.2, 0) is 11.3 Å². The predicted octanol–water partition coefficient (Wildman–Crippen LogP) is 0.0952. The van der Waals surface area contributed by atoms with E-state index in [1.165, 1.54) is 13.3 Å². The van der Waals surface area contributed by atoms with Gasteiger partial charge in [-0.1, -0.05) is 0 Å². The van der Waals surface area contributed by atoms with Gasteiger partial charge in [0.25, 0.3) is 0 Å². The van der Waals surface area contributed by atoms with Crippen molar-refractivity contribution >= 4 is 11.8 Å². The number of anilines is 1. The zero-order valence-corrected chi connectivity index (χ0v) is 6.70. The van der Waals surface area contributed by atoms with Crippen LogP contribution in [0.15, 0.2) is 6.20 Å². The molecule has 0 radical (unpaired) electrons. The Morgan fingerprint density at radius 2 is 2.67 bits per heavy atom. The second-order valence-corrected chi connectivity index (χ2v) is 2.55. The summed E-state index contributed by atoms with van der Waals surface area (Å²) in [5.74, 6) is 0.424. The Balaban J connectivity index is 2.39. The van der Waals surface area contributed by atoms with Gasteiger partial charge in [-0.3, -0.25) is 0 Å². The van der Waals surface area contributed by atoms with Gasteiger partial charge < -0.3 is 10.1 Å². The van der Waals surface area contributed by atoms with E-state index in [1.54, 1.807) is 4.68 Å². The first-order valence-electron chi connectivity index (χ1n) is 3.71. The molecule has 12 heavy (non-hydrogen) atoms. The molecule has 0 amide bonds. The Morgan fingerprint density at radius 3 is 3.42 bits per heavy atom. The highest BCUT2D eigenvalue weighted by molar-refractivity contribution is 5.94. The van der Waals surface area contributed by atoms with Crippen molar-refractivity contribution in [3.05, 3.63) is 11.8 Å². The Kier molecular flexibility index (Phi) is 1.49. The first kappa shape index (κ1) is 7.15. The van der Waals surface area contributed by atoms with Crippen LogP contribution in [0.25, 0.3) is 0 Å². The van der Waals surface area contributed by atoms with Gasteiger partial charge in [-0.15, -0.1) is 0 Å². The first-order chi connectivity index (χ1) is 5.83. The summed E-state index contributed by atoms with van der Waals surface area (Å²) in [5.41, 5.74) is 0.509. The van der Waals surface area contributed by atoms with Crippen LogP contribution < -0.4 is 5.32 Å². The molecule has 1 aliphatic rings. The van der Waals surface area contributed by atoms with Gasteiger partial charge in [-0.2, -0.15) is 5.10 Å². The molecular formula is C7H9N3O2.